The van der Waals surface area contributed by atoms with Gasteiger partial charge >= 0.3 is 12.2 Å². The first-order valence-corrected chi connectivity index (χ1v) is 9.32. The van der Waals surface area contributed by atoms with E-state index in [4.69, 9.17) is 23.2 Å². The maximum Gasteiger partial charge on any atom is 0.434 e. The Labute approximate surface area is 178 Å². The lowest BCUT2D eigenvalue weighted by Gasteiger charge is -2.29. The minimum Gasteiger partial charge on any atom is -0.353 e. The first kappa shape index (κ1) is 22.1. The molecule has 2 N–H and O–H groups in total. The summed E-state index contributed by atoms with van der Waals surface area (Å²) >= 11 is 11.4. The molecule has 1 aliphatic heterocycles. The van der Waals surface area contributed by atoms with E-state index in [1.165, 1.54) is 23.1 Å². The number of hydrogen-bond donors (Lipinski definition) is 2. The first-order valence-electron chi connectivity index (χ1n) is 8.57. The average Bonchev–Trinajstić information content (AvgIpc) is 2.68. The molecule has 1 saturated heterocycles. The van der Waals surface area contributed by atoms with Crippen LogP contribution in [0, 0.1) is 5.82 Å². The first-order chi connectivity index (χ1) is 14.1. The number of alkyl halides is 3. The van der Waals surface area contributed by atoms with Crippen LogP contribution in [0.5, 0.6) is 0 Å². The van der Waals surface area contributed by atoms with Gasteiger partial charge in [0.1, 0.15) is 12.4 Å². The minimum absolute atomic E-state index is 0.191. The van der Waals surface area contributed by atoms with Gasteiger partial charge in [-0.2, -0.15) is 13.2 Å². The second-order valence-corrected chi connectivity index (χ2v) is 7.21. The number of carbonyl (C=O) groups is 2. The third kappa shape index (κ3) is 4.93. The van der Waals surface area contributed by atoms with Gasteiger partial charge in [0.15, 0.2) is 5.69 Å². The normalized spacial score (nSPS) is 15.5. The van der Waals surface area contributed by atoms with Crippen LogP contribution in [0.25, 0.3) is 0 Å². The van der Waals surface area contributed by atoms with Crippen molar-refractivity contribution in [1.29, 1.82) is 0 Å². The monoisotopic (exact) mass is 464 g/mol. The minimum atomic E-state index is -4.83. The zero-order valence-electron chi connectivity index (χ0n) is 15.1. The van der Waals surface area contributed by atoms with Crippen molar-refractivity contribution in [2.45, 2.75) is 12.2 Å². The number of amides is 3. The molecule has 2 heterocycles. The van der Waals surface area contributed by atoms with E-state index in [9.17, 15) is 27.2 Å². The Balaban J connectivity index is 2.01. The predicted molar refractivity (Wildman–Crippen MR) is 101 cm³/mol. The van der Waals surface area contributed by atoms with Crippen LogP contribution in [-0.4, -0.2) is 41.5 Å². The van der Waals surface area contributed by atoms with E-state index in [0.29, 0.717) is 0 Å². The van der Waals surface area contributed by atoms with Crippen molar-refractivity contribution in [2.75, 3.05) is 19.6 Å². The highest BCUT2D eigenvalue weighted by Crippen LogP contribution is 2.35. The quantitative estimate of drug-likeness (QED) is 0.678. The van der Waals surface area contributed by atoms with Crippen molar-refractivity contribution < 1.29 is 27.2 Å². The topological polar surface area (TPSA) is 74.3 Å². The van der Waals surface area contributed by atoms with Crippen LogP contribution in [0.4, 0.5) is 22.4 Å². The van der Waals surface area contributed by atoms with Crippen molar-refractivity contribution >= 4 is 35.1 Å². The van der Waals surface area contributed by atoms with E-state index in [-0.39, 0.29) is 41.8 Å². The molecule has 0 spiro atoms. The van der Waals surface area contributed by atoms with Gasteiger partial charge in [-0.15, -0.1) is 0 Å². The van der Waals surface area contributed by atoms with Crippen molar-refractivity contribution in [3.63, 3.8) is 0 Å². The summed E-state index contributed by atoms with van der Waals surface area (Å²) in [7, 11) is 0. The van der Waals surface area contributed by atoms with E-state index in [1.807, 2.05) is 0 Å². The van der Waals surface area contributed by atoms with Crippen molar-refractivity contribution in [1.82, 2.24) is 20.5 Å². The highest BCUT2D eigenvalue weighted by Gasteiger charge is 2.36. The molecule has 1 aliphatic rings. The van der Waals surface area contributed by atoms with Crippen molar-refractivity contribution in [3.05, 3.63) is 63.1 Å². The Morgan fingerprint density at radius 2 is 1.93 bits per heavy atom. The predicted octanol–water partition coefficient (Wildman–Crippen LogP) is 3.78. The van der Waals surface area contributed by atoms with E-state index in [1.54, 1.807) is 0 Å². The van der Waals surface area contributed by atoms with Gasteiger partial charge in [0, 0.05) is 13.1 Å². The summed E-state index contributed by atoms with van der Waals surface area (Å²) in [5.74, 6) is -1.11. The smallest absolute Gasteiger partial charge is 0.353 e. The van der Waals surface area contributed by atoms with E-state index in [2.05, 4.69) is 15.6 Å². The Kier molecular flexibility index (Phi) is 6.37. The molecule has 12 heteroatoms. The number of nitrogens with one attached hydrogen (secondary N) is 2. The SMILES string of the molecule is O=C1CN(C(=O)NC(c2ccc(F)c(Cl)c2)c2ccc(Cl)c(C(F)(F)F)n2)CCN1. The molecule has 30 heavy (non-hydrogen) atoms. The second-order valence-electron chi connectivity index (χ2n) is 6.39. The Morgan fingerprint density at radius 3 is 2.57 bits per heavy atom. The fourth-order valence-electron chi connectivity index (χ4n) is 2.86. The lowest BCUT2D eigenvalue weighted by molar-refractivity contribution is -0.141. The number of nitrogens with zero attached hydrogens (tertiary/aromatic N) is 2. The molecule has 1 fully saturated rings. The number of aromatic nitrogens is 1. The van der Waals surface area contributed by atoms with Crippen LogP contribution < -0.4 is 10.6 Å². The Bertz CT molecular complexity index is 987. The van der Waals surface area contributed by atoms with Crippen LogP contribution in [0.3, 0.4) is 0 Å². The number of carbonyl (C=O) groups excluding carboxylic acids is 2. The van der Waals surface area contributed by atoms with E-state index >= 15 is 0 Å². The second kappa shape index (κ2) is 8.65. The Hall–Kier alpha value is -2.59. The van der Waals surface area contributed by atoms with Crippen LogP contribution in [0.2, 0.25) is 10.0 Å². The number of hydrogen-bond acceptors (Lipinski definition) is 3. The van der Waals surface area contributed by atoms with Crippen molar-refractivity contribution in [2.24, 2.45) is 0 Å². The molecule has 3 rings (SSSR count). The van der Waals surface area contributed by atoms with Crippen LogP contribution in [-0.2, 0) is 11.0 Å². The number of halogens is 6. The number of urea groups is 1. The molecular weight excluding hydrogens is 451 g/mol. The molecule has 0 aliphatic carbocycles. The molecule has 2 aromatic rings. The third-order valence-electron chi connectivity index (χ3n) is 4.30. The van der Waals surface area contributed by atoms with Gasteiger partial charge in [-0.25, -0.2) is 14.2 Å². The standard InChI is InChI=1S/C18H14Cl2F4N4O2/c19-10-2-4-13(26-16(10)18(22,23)24)15(9-1-3-12(21)11(20)7-9)27-17(30)28-6-5-25-14(29)8-28/h1-4,7,15H,5-6,8H2,(H,25,29)(H,27,30). The zero-order valence-corrected chi connectivity index (χ0v) is 16.6. The number of benzene rings is 1. The van der Waals surface area contributed by atoms with Gasteiger partial charge in [0.25, 0.3) is 0 Å². The number of rotatable bonds is 3. The molecule has 1 aromatic carbocycles. The summed E-state index contributed by atoms with van der Waals surface area (Å²) < 4.78 is 53.3. The summed E-state index contributed by atoms with van der Waals surface area (Å²) in [6.45, 7) is 0.220. The molecule has 1 aromatic heterocycles. The van der Waals surface area contributed by atoms with Gasteiger partial charge < -0.3 is 15.5 Å². The third-order valence-corrected chi connectivity index (χ3v) is 4.90. The largest absolute Gasteiger partial charge is 0.434 e. The summed E-state index contributed by atoms with van der Waals surface area (Å²) in [6, 6.07) is 3.76. The van der Waals surface area contributed by atoms with Gasteiger partial charge in [-0.05, 0) is 29.8 Å². The summed E-state index contributed by atoms with van der Waals surface area (Å²) in [5, 5.41) is 4.20. The van der Waals surface area contributed by atoms with Crippen LogP contribution >= 0.6 is 23.2 Å². The maximum atomic E-state index is 13.6. The highest BCUT2D eigenvalue weighted by molar-refractivity contribution is 6.31. The van der Waals surface area contributed by atoms with Crippen LogP contribution in [0.1, 0.15) is 23.0 Å². The van der Waals surface area contributed by atoms with Crippen LogP contribution in [0.15, 0.2) is 30.3 Å². The summed E-state index contributed by atoms with van der Waals surface area (Å²) in [4.78, 5) is 29.0. The van der Waals surface area contributed by atoms with Gasteiger partial charge in [0.2, 0.25) is 5.91 Å². The average molecular weight is 465 g/mol. The molecule has 1 unspecified atom stereocenters. The number of pyridine rings is 1. The Morgan fingerprint density at radius 1 is 1.20 bits per heavy atom. The summed E-state index contributed by atoms with van der Waals surface area (Å²) in [6.07, 6.45) is -4.83. The summed E-state index contributed by atoms with van der Waals surface area (Å²) in [5.41, 5.74) is -1.32. The fraction of sp³-hybridized carbons (Fsp3) is 0.278. The van der Waals surface area contributed by atoms with Gasteiger partial charge in [-0.3, -0.25) is 4.79 Å². The molecule has 0 bridgehead atoms. The van der Waals surface area contributed by atoms with Crippen molar-refractivity contribution in [3.8, 4) is 0 Å². The maximum absolute atomic E-state index is 13.6. The lowest BCUT2D eigenvalue weighted by Crippen LogP contribution is -2.53. The molecule has 3 amide bonds. The molecule has 1 atom stereocenters. The zero-order chi connectivity index (χ0) is 22.1. The van der Waals surface area contributed by atoms with E-state index in [0.717, 1.165) is 12.1 Å². The lowest BCUT2D eigenvalue weighted by atomic mass is 10.0. The molecule has 0 radical (unpaired) electrons. The van der Waals surface area contributed by atoms with E-state index < -0.39 is 34.8 Å². The molecule has 160 valence electrons. The highest BCUT2D eigenvalue weighted by atomic mass is 35.5. The fourth-order valence-corrected chi connectivity index (χ4v) is 3.26. The molecule has 0 saturated carbocycles. The number of piperazine rings is 1. The molecular formula is C18H14Cl2F4N4O2. The molecule has 6 nitrogen and oxygen atoms in total. The van der Waals surface area contributed by atoms with Gasteiger partial charge in [0.05, 0.1) is 21.8 Å². The van der Waals surface area contributed by atoms with Gasteiger partial charge in [-0.1, -0.05) is 29.3 Å².